The molecule has 0 unspecified atom stereocenters. The molecule has 0 atom stereocenters. The maximum absolute atomic E-state index is 11.7. The second kappa shape index (κ2) is 6.89. The maximum Gasteiger partial charge on any atom is 0.251 e. The van der Waals surface area contributed by atoms with E-state index < -0.39 is 0 Å². The van der Waals surface area contributed by atoms with Gasteiger partial charge in [-0.05, 0) is 24.6 Å². The molecule has 0 aliphatic rings. The lowest BCUT2D eigenvalue weighted by atomic mass is 10.1. The highest BCUT2D eigenvalue weighted by atomic mass is 16.2. The van der Waals surface area contributed by atoms with Crippen molar-refractivity contribution in [3.8, 4) is 0 Å². The summed E-state index contributed by atoms with van der Waals surface area (Å²) in [4.78, 5) is 23.3. The molecule has 104 valence electrons. The van der Waals surface area contributed by atoms with Crippen LogP contribution in [0.5, 0.6) is 0 Å². The van der Waals surface area contributed by atoms with Gasteiger partial charge in [-0.2, -0.15) is 0 Å². The molecule has 1 rings (SSSR count). The normalized spacial score (nSPS) is 10.4. The average Bonchev–Trinajstić information content (AvgIpc) is 2.38. The van der Waals surface area contributed by atoms with Gasteiger partial charge in [0.05, 0.1) is 6.54 Å². The molecule has 0 heterocycles. The van der Waals surface area contributed by atoms with Gasteiger partial charge in [-0.25, -0.2) is 0 Å². The molecule has 0 radical (unpaired) electrons. The molecule has 2 amide bonds. The SMILES string of the molecule is CNC(=O)c1ccc(C)c(NC(=O)CNC(C)C)c1. The summed E-state index contributed by atoms with van der Waals surface area (Å²) in [6.07, 6.45) is 0. The van der Waals surface area contributed by atoms with Crippen molar-refractivity contribution in [3.63, 3.8) is 0 Å². The van der Waals surface area contributed by atoms with Gasteiger partial charge in [-0.15, -0.1) is 0 Å². The third kappa shape index (κ3) is 4.71. The highest BCUT2D eigenvalue weighted by molar-refractivity contribution is 5.98. The lowest BCUT2D eigenvalue weighted by Crippen LogP contribution is -2.32. The minimum absolute atomic E-state index is 0.120. The number of carbonyl (C=O) groups excluding carboxylic acids is 2. The zero-order valence-electron chi connectivity index (χ0n) is 11.8. The van der Waals surface area contributed by atoms with Crippen molar-refractivity contribution in [3.05, 3.63) is 29.3 Å². The number of anilines is 1. The van der Waals surface area contributed by atoms with Crippen LogP contribution in [-0.2, 0) is 4.79 Å². The van der Waals surface area contributed by atoms with Gasteiger partial charge in [0.2, 0.25) is 5.91 Å². The van der Waals surface area contributed by atoms with Crippen molar-refractivity contribution in [1.29, 1.82) is 0 Å². The van der Waals surface area contributed by atoms with Gasteiger partial charge in [-0.3, -0.25) is 9.59 Å². The molecule has 0 bridgehead atoms. The largest absolute Gasteiger partial charge is 0.355 e. The summed E-state index contributed by atoms with van der Waals surface area (Å²) in [6.45, 7) is 6.09. The molecule has 0 fully saturated rings. The summed E-state index contributed by atoms with van der Waals surface area (Å²) in [7, 11) is 1.58. The predicted molar refractivity (Wildman–Crippen MR) is 76.3 cm³/mol. The lowest BCUT2D eigenvalue weighted by molar-refractivity contribution is -0.115. The maximum atomic E-state index is 11.7. The van der Waals surface area contributed by atoms with Crippen LogP contribution < -0.4 is 16.0 Å². The Morgan fingerprint density at radius 1 is 1.26 bits per heavy atom. The topological polar surface area (TPSA) is 70.2 Å². The molecule has 19 heavy (non-hydrogen) atoms. The number of hydrogen-bond donors (Lipinski definition) is 3. The van der Waals surface area contributed by atoms with E-state index in [2.05, 4.69) is 16.0 Å². The first-order valence-corrected chi connectivity index (χ1v) is 6.30. The van der Waals surface area contributed by atoms with Crippen LogP contribution >= 0.6 is 0 Å². The molecule has 1 aromatic carbocycles. The number of rotatable bonds is 5. The fraction of sp³-hybridized carbons (Fsp3) is 0.429. The Labute approximate surface area is 113 Å². The Hall–Kier alpha value is -1.88. The van der Waals surface area contributed by atoms with E-state index >= 15 is 0 Å². The van der Waals surface area contributed by atoms with Crippen LogP contribution in [0.15, 0.2) is 18.2 Å². The van der Waals surface area contributed by atoms with Crippen LogP contribution in [0.25, 0.3) is 0 Å². The van der Waals surface area contributed by atoms with Crippen LogP contribution in [0.4, 0.5) is 5.69 Å². The number of amides is 2. The van der Waals surface area contributed by atoms with E-state index in [9.17, 15) is 9.59 Å². The molecule has 1 aromatic rings. The van der Waals surface area contributed by atoms with Gasteiger partial charge in [0, 0.05) is 24.3 Å². The second-order valence-corrected chi connectivity index (χ2v) is 4.69. The summed E-state index contributed by atoms with van der Waals surface area (Å²) in [5.41, 5.74) is 2.11. The predicted octanol–water partition coefficient (Wildman–Crippen LogP) is 1.29. The molecule has 0 aliphatic heterocycles. The summed E-state index contributed by atoms with van der Waals surface area (Å²) >= 11 is 0. The third-order valence-electron chi connectivity index (χ3n) is 2.67. The Kier molecular flexibility index (Phi) is 5.51. The summed E-state index contributed by atoms with van der Waals surface area (Å²) in [5, 5.41) is 8.40. The molecular formula is C14H21N3O2. The lowest BCUT2D eigenvalue weighted by Gasteiger charge is -2.12. The van der Waals surface area contributed by atoms with Crippen LogP contribution in [0.1, 0.15) is 29.8 Å². The fourth-order valence-electron chi connectivity index (χ4n) is 1.53. The van der Waals surface area contributed by atoms with Crippen LogP contribution in [0.2, 0.25) is 0 Å². The quantitative estimate of drug-likeness (QED) is 0.749. The summed E-state index contributed by atoms with van der Waals surface area (Å²) in [5.74, 6) is -0.290. The average molecular weight is 263 g/mol. The first kappa shape index (κ1) is 15.2. The third-order valence-corrected chi connectivity index (χ3v) is 2.67. The van der Waals surface area contributed by atoms with E-state index in [0.717, 1.165) is 5.56 Å². The van der Waals surface area contributed by atoms with E-state index in [1.807, 2.05) is 26.8 Å². The van der Waals surface area contributed by atoms with E-state index in [1.54, 1.807) is 19.2 Å². The van der Waals surface area contributed by atoms with Gasteiger partial charge in [0.15, 0.2) is 0 Å². The van der Waals surface area contributed by atoms with Crippen molar-refractivity contribution in [2.75, 3.05) is 18.9 Å². The van der Waals surface area contributed by atoms with Crippen molar-refractivity contribution in [2.24, 2.45) is 0 Å². The van der Waals surface area contributed by atoms with Crippen molar-refractivity contribution in [1.82, 2.24) is 10.6 Å². The molecule has 0 aromatic heterocycles. The highest BCUT2D eigenvalue weighted by Crippen LogP contribution is 2.16. The number of nitrogens with one attached hydrogen (secondary N) is 3. The molecular weight excluding hydrogens is 242 g/mol. The molecule has 5 heteroatoms. The Morgan fingerprint density at radius 2 is 1.95 bits per heavy atom. The fourth-order valence-corrected chi connectivity index (χ4v) is 1.53. The van der Waals surface area contributed by atoms with Gasteiger partial charge < -0.3 is 16.0 Å². The van der Waals surface area contributed by atoms with Gasteiger partial charge in [-0.1, -0.05) is 19.9 Å². The monoisotopic (exact) mass is 263 g/mol. The van der Waals surface area contributed by atoms with E-state index in [-0.39, 0.29) is 24.4 Å². The molecule has 5 nitrogen and oxygen atoms in total. The number of aryl methyl sites for hydroxylation is 1. The van der Waals surface area contributed by atoms with Gasteiger partial charge in [0.25, 0.3) is 5.91 Å². The van der Waals surface area contributed by atoms with E-state index in [4.69, 9.17) is 0 Å². The molecule has 0 spiro atoms. The Balaban J connectivity index is 2.77. The van der Waals surface area contributed by atoms with Crippen LogP contribution in [-0.4, -0.2) is 31.4 Å². The van der Waals surface area contributed by atoms with Gasteiger partial charge in [0.1, 0.15) is 0 Å². The smallest absolute Gasteiger partial charge is 0.251 e. The van der Waals surface area contributed by atoms with E-state index in [0.29, 0.717) is 11.3 Å². The first-order chi connectivity index (χ1) is 8.93. The summed E-state index contributed by atoms with van der Waals surface area (Å²) < 4.78 is 0. The zero-order chi connectivity index (χ0) is 14.4. The van der Waals surface area contributed by atoms with Crippen LogP contribution in [0, 0.1) is 6.92 Å². The van der Waals surface area contributed by atoms with Crippen molar-refractivity contribution in [2.45, 2.75) is 26.8 Å². The highest BCUT2D eigenvalue weighted by Gasteiger charge is 2.09. The summed E-state index contributed by atoms with van der Waals surface area (Å²) in [6, 6.07) is 5.48. The molecule has 0 saturated carbocycles. The number of benzene rings is 1. The van der Waals surface area contributed by atoms with Gasteiger partial charge >= 0.3 is 0 Å². The standard InChI is InChI=1S/C14H21N3O2/c1-9(2)16-8-13(18)17-12-7-11(14(19)15-4)6-5-10(12)3/h5-7,9,16H,8H2,1-4H3,(H,15,19)(H,17,18). The number of carbonyl (C=O) groups is 2. The minimum Gasteiger partial charge on any atom is -0.355 e. The Morgan fingerprint density at radius 3 is 2.53 bits per heavy atom. The Bertz CT molecular complexity index is 470. The molecule has 0 aliphatic carbocycles. The number of hydrogen-bond acceptors (Lipinski definition) is 3. The molecule has 0 saturated heterocycles. The first-order valence-electron chi connectivity index (χ1n) is 6.30. The van der Waals surface area contributed by atoms with E-state index in [1.165, 1.54) is 0 Å². The van der Waals surface area contributed by atoms with Crippen molar-refractivity contribution < 1.29 is 9.59 Å². The van der Waals surface area contributed by atoms with Crippen LogP contribution in [0.3, 0.4) is 0 Å². The molecule has 3 N–H and O–H groups in total. The van der Waals surface area contributed by atoms with Crippen molar-refractivity contribution >= 4 is 17.5 Å². The minimum atomic E-state index is -0.171. The second-order valence-electron chi connectivity index (χ2n) is 4.69. The zero-order valence-corrected chi connectivity index (χ0v) is 11.8.